The monoisotopic (exact) mass is 629 g/mol. The summed E-state index contributed by atoms with van der Waals surface area (Å²) in [5.41, 5.74) is -0.180. The zero-order chi connectivity index (χ0) is 32.0. The standard InChI is InChI=1S/C33H35F4N3O5/c1-45-27-9-4-19(32(44)40-11-10-18(15-40)16-41)13-24(27)30(42)39-29-22-7-6-21(23(22)12-17-2-3-17)28(29)31(43)38-20-5-8-26(34)25(14-20)33(35,36)37/h4-5,8-9,12-14,17-18,21-22,28-29,41H,2-3,6-7,10-11,15-16H2,1H3,(H,38,43)(H,39,42)/b23-12-/t18-,21+,22-,28+,29-/m1/s1. The number of nitrogens with zero attached hydrogens (tertiary/aromatic N) is 1. The van der Waals surface area contributed by atoms with Gasteiger partial charge in [0, 0.05) is 48.8 Å². The van der Waals surface area contributed by atoms with Gasteiger partial charge in [-0.25, -0.2) is 4.39 Å². The number of hydrogen-bond donors (Lipinski definition) is 3. The van der Waals surface area contributed by atoms with E-state index in [-0.39, 0.29) is 52.8 Å². The molecule has 6 rings (SSSR count). The molecule has 2 aromatic carbocycles. The van der Waals surface area contributed by atoms with Crippen molar-refractivity contribution in [2.24, 2.45) is 29.6 Å². The molecule has 0 unspecified atom stereocenters. The Balaban J connectivity index is 1.27. The summed E-state index contributed by atoms with van der Waals surface area (Å²) in [6.45, 7) is 0.897. The molecule has 0 radical (unpaired) electrons. The van der Waals surface area contributed by atoms with Crippen molar-refractivity contribution in [1.82, 2.24) is 10.2 Å². The van der Waals surface area contributed by atoms with Crippen LogP contribution in [0.15, 0.2) is 48.0 Å². The molecule has 45 heavy (non-hydrogen) atoms. The van der Waals surface area contributed by atoms with Gasteiger partial charge in [-0.15, -0.1) is 0 Å². The topological polar surface area (TPSA) is 108 Å². The van der Waals surface area contributed by atoms with Crippen molar-refractivity contribution in [1.29, 1.82) is 0 Å². The van der Waals surface area contributed by atoms with Crippen LogP contribution < -0.4 is 15.4 Å². The molecule has 4 fully saturated rings. The van der Waals surface area contributed by atoms with E-state index in [4.69, 9.17) is 4.74 Å². The van der Waals surface area contributed by atoms with Crippen molar-refractivity contribution in [2.45, 2.75) is 44.3 Å². The van der Waals surface area contributed by atoms with Gasteiger partial charge in [-0.2, -0.15) is 13.2 Å². The van der Waals surface area contributed by atoms with Crippen LogP contribution in [0.25, 0.3) is 0 Å². The Morgan fingerprint density at radius 3 is 2.47 bits per heavy atom. The normalized spacial score (nSPS) is 26.8. The quantitative estimate of drug-likeness (QED) is 0.280. The Hall–Kier alpha value is -3.93. The van der Waals surface area contributed by atoms with Crippen LogP contribution in [0.3, 0.4) is 0 Å². The summed E-state index contributed by atoms with van der Waals surface area (Å²) < 4.78 is 59.4. The van der Waals surface area contributed by atoms with Crippen LogP contribution in [0.1, 0.15) is 58.4 Å². The number of anilines is 1. The minimum Gasteiger partial charge on any atom is -0.496 e. The minimum absolute atomic E-state index is 0.00341. The maximum absolute atomic E-state index is 13.9. The fraction of sp³-hybridized carbons (Fsp3) is 0.485. The van der Waals surface area contributed by atoms with E-state index in [9.17, 15) is 37.1 Å². The van der Waals surface area contributed by atoms with E-state index >= 15 is 0 Å². The Morgan fingerprint density at radius 2 is 1.80 bits per heavy atom. The number of rotatable bonds is 8. The number of benzene rings is 2. The number of allylic oxidation sites excluding steroid dienone is 1. The second-order valence-electron chi connectivity index (χ2n) is 12.5. The number of carbonyl (C=O) groups excluding carboxylic acids is 3. The lowest BCUT2D eigenvalue weighted by atomic mass is 9.83. The molecule has 3 amide bonds. The number of methoxy groups -OCH3 is 1. The number of hydrogen-bond acceptors (Lipinski definition) is 5. The highest BCUT2D eigenvalue weighted by atomic mass is 19.4. The Morgan fingerprint density at radius 1 is 1.04 bits per heavy atom. The van der Waals surface area contributed by atoms with E-state index < -0.39 is 41.3 Å². The summed E-state index contributed by atoms with van der Waals surface area (Å²) in [6.07, 6.45) is 1.46. The van der Waals surface area contributed by atoms with E-state index in [0.29, 0.717) is 44.0 Å². The molecule has 8 nitrogen and oxygen atoms in total. The highest BCUT2D eigenvalue weighted by molar-refractivity contribution is 6.02. The molecule has 240 valence electrons. The molecule has 3 saturated carbocycles. The second-order valence-corrected chi connectivity index (χ2v) is 12.5. The number of halogens is 4. The van der Waals surface area contributed by atoms with E-state index in [1.807, 2.05) is 0 Å². The Bertz CT molecular complexity index is 1540. The van der Waals surface area contributed by atoms with Crippen LogP contribution in [0, 0.1) is 35.4 Å². The average molecular weight is 630 g/mol. The van der Waals surface area contributed by atoms with Gasteiger partial charge in [0.05, 0.1) is 24.2 Å². The number of amides is 3. The van der Waals surface area contributed by atoms with Crippen LogP contribution >= 0.6 is 0 Å². The number of nitrogens with one attached hydrogen (secondary N) is 2. The van der Waals surface area contributed by atoms with Gasteiger partial charge in [-0.1, -0.05) is 11.6 Å². The molecule has 1 saturated heterocycles. The molecule has 1 aliphatic heterocycles. The first-order chi connectivity index (χ1) is 21.5. The highest BCUT2D eigenvalue weighted by Crippen LogP contribution is 2.54. The van der Waals surface area contributed by atoms with Crippen LogP contribution in [-0.4, -0.2) is 60.6 Å². The van der Waals surface area contributed by atoms with Gasteiger partial charge in [-0.3, -0.25) is 14.4 Å². The lowest BCUT2D eigenvalue weighted by Crippen LogP contribution is -2.48. The number of ether oxygens (including phenoxy) is 1. The van der Waals surface area contributed by atoms with Gasteiger partial charge < -0.3 is 25.4 Å². The van der Waals surface area contributed by atoms with E-state index in [1.165, 1.54) is 19.2 Å². The lowest BCUT2D eigenvalue weighted by molar-refractivity contribution is -0.140. The molecule has 0 aromatic heterocycles. The summed E-state index contributed by atoms with van der Waals surface area (Å²) in [5.74, 6) is -3.26. The maximum Gasteiger partial charge on any atom is 0.419 e. The zero-order valence-corrected chi connectivity index (χ0v) is 24.7. The van der Waals surface area contributed by atoms with Crippen LogP contribution in [0.4, 0.5) is 23.2 Å². The second kappa shape index (κ2) is 12.1. The van der Waals surface area contributed by atoms with Crippen LogP contribution in [0.2, 0.25) is 0 Å². The molecule has 2 bridgehead atoms. The molecule has 2 aromatic rings. The fourth-order valence-electron chi connectivity index (χ4n) is 7.20. The average Bonchev–Trinajstić information content (AvgIpc) is 3.44. The molecule has 0 spiro atoms. The number of carbonyl (C=O) groups is 3. The zero-order valence-electron chi connectivity index (χ0n) is 24.7. The van der Waals surface area contributed by atoms with Crippen molar-refractivity contribution in [3.63, 3.8) is 0 Å². The van der Waals surface area contributed by atoms with Gasteiger partial charge in [0.25, 0.3) is 11.8 Å². The number of aliphatic hydroxyl groups is 1. The minimum atomic E-state index is -4.93. The number of likely N-dealkylation sites (tertiary alicyclic amines) is 1. The van der Waals surface area contributed by atoms with E-state index in [0.717, 1.165) is 30.9 Å². The maximum atomic E-state index is 13.9. The predicted molar refractivity (Wildman–Crippen MR) is 156 cm³/mol. The lowest BCUT2D eigenvalue weighted by Gasteiger charge is -2.30. The summed E-state index contributed by atoms with van der Waals surface area (Å²) in [6, 6.07) is 6.25. The third-order valence-electron chi connectivity index (χ3n) is 9.61. The third-order valence-corrected chi connectivity index (χ3v) is 9.61. The van der Waals surface area contributed by atoms with Crippen molar-refractivity contribution < 1.29 is 41.8 Å². The SMILES string of the molecule is COc1ccc(C(=O)N2CC[C@@H](CO)C2)cc1C(=O)N[C@H]1[C@@H](C(=O)Nc2ccc(F)c(C(F)(F)F)c2)[C@H]2CC[C@@H]1/C2=C\C1CC1. The van der Waals surface area contributed by atoms with Gasteiger partial charge >= 0.3 is 6.18 Å². The molecule has 4 aliphatic rings. The molecular weight excluding hydrogens is 594 g/mol. The fourth-order valence-corrected chi connectivity index (χ4v) is 7.20. The molecule has 3 N–H and O–H groups in total. The first-order valence-electron chi connectivity index (χ1n) is 15.3. The highest BCUT2D eigenvalue weighted by Gasteiger charge is 2.55. The summed E-state index contributed by atoms with van der Waals surface area (Å²) in [7, 11) is 1.40. The van der Waals surface area contributed by atoms with E-state index in [2.05, 4.69) is 16.7 Å². The Labute approximate surface area is 257 Å². The summed E-state index contributed by atoms with van der Waals surface area (Å²) in [4.78, 5) is 42.4. The first kappa shape index (κ1) is 31.1. The molecule has 12 heteroatoms. The summed E-state index contributed by atoms with van der Waals surface area (Å²) >= 11 is 0. The molecule has 5 atom stereocenters. The number of alkyl halides is 3. The van der Waals surface area contributed by atoms with Gasteiger partial charge in [-0.05, 0) is 80.3 Å². The smallest absolute Gasteiger partial charge is 0.419 e. The molecule has 1 heterocycles. The largest absolute Gasteiger partial charge is 0.496 e. The number of fused-ring (bicyclic) bond motifs is 2. The predicted octanol–water partition coefficient (Wildman–Crippen LogP) is 5.04. The van der Waals surface area contributed by atoms with Crippen molar-refractivity contribution in [3.8, 4) is 5.75 Å². The third kappa shape index (κ3) is 6.16. The van der Waals surface area contributed by atoms with Crippen molar-refractivity contribution in [3.05, 3.63) is 70.6 Å². The Kier molecular flexibility index (Phi) is 8.36. The van der Waals surface area contributed by atoms with Gasteiger partial charge in [0.2, 0.25) is 5.91 Å². The first-order valence-corrected chi connectivity index (χ1v) is 15.3. The van der Waals surface area contributed by atoms with Crippen molar-refractivity contribution >= 4 is 23.4 Å². The summed E-state index contributed by atoms with van der Waals surface area (Å²) in [5, 5.41) is 15.0. The molecule has 3 aliphatic carbocycles. The van der Waals surface area contributed by atoms with Crippen molar-refractivity contribution in [2.75, 3.05) is 32.1 Å². The van der Waals surface area contributed by atoms with Crippen LogP contribution in [-0.2, 0) is 11.0 Å². The number of aliphatic hydroxyl groups excluding tert-OH is 1. The van der Waals surface area contributed by atoms with Crippen LogP contribution in [0.5, 0.6) is 5.75 Å². The van der Waals surface area contributed by atoms with Gasteiger partial charge in [0.1, 0.15) is 11.6 Å². The molecular formula is C33H35F4N3O5. The van der Waals surface area contributed by atoms with E-state index in [1.54, 1.807) is 11.0 Å². The van der Waals surface area contributed by atoms with Gasteiger partial charge in [0.15, 0.2) is 0 Å².